The first-order valence-electron chi connectivity index (χ1n) is 10.5. The molecule has 0 saturated heterocycles. The summed E-state index contributed by atoms with van der Waals surface area (Å²) >= 11 is 2.48. The Morgan fingerprint density at radius 3 is 1.61 bits per heavy atom. The molecule has 0 bridgehead atoms. The number of hydrogen-bond donors (Lipinski definition) is 0. The van der Waals surface area contributed by atoms with Gasteiger partial charge in [-0.1, -0.05) is 97.1 Å². The molecule has 0 aliphatic carbocycles. The van der Waals surface area contributed by atoms with Gasteiger partial charge < -0.3 is 0 Å². The molecule has 0 saturated carbocycles. The molecular weight excluding hydrogens is 487 g/mol. The van der Waals surface area contributed by atoms with Crippen LogP contribution in [0.1, 0.15) is 0 Å². The third-order valence-electron chi connectivity index (χ3n) is 6.11. The second-order valence-electron chi connectivity index (χ2n) is 7.95. The molecule has 0 aliphatic heterocycles. The van der Waals surface area contributed by atoms with Crippen LogP contribution in [-0.4, -0.2) is 0 Å². The van der Waals surface area contributed by atoms with Crippen LogP contribution in [0, 0.1) is 3.57 Å². The van der Waals surface area contributed by atoms with Crippen LogP contribution in [0.4, 0.5) is 0 Å². The molecule has 1 heteroatoms. The van der Waals surface area contributed by atoms with E-state index in [1.807, 2.05) is 0 Å². The van der Waals surface area contributed by atoms with Gasteiger partial charge in [-0.25, -0.2) is 0 Å². The quantitative estimate of drug-likeness (QED) is 0.206. The zero-order valence-electron chi connectivity index (χ0n) is 16.8. The van der Waals surface area contributed by atoms with Crippen LogP contribution in [0.3, 0.4) is 0 Å². The number of rotatable bonds is 2. The molecule has 6 aromatic carbocycles. The van der Waals surface area contributed by atoms with E-state index >= 15 is 0 Å². The molecule has 0 N–H and O–H groups in total. The first kappa shape index (κ1) is 18.6. The minimum absolute atomic E-state index is 1.26. The maximum absolute atomic E-state index is 2.48. The fourth-order valence-electron chi connectivity index (χ4n) is 4.57. The van der Waals surface area contributed by atoms with Crippen molar-refractivity contribution >= 4 is 54.9 Å². The van der Waals surface area contributed by atoms with E-state index in [4.69, 9.17) is 0 Å². The molecule has 0 unspecified atom stereocenters. The van der Waals surface area contributed by atoms with Crippen LogP contribution >= 0.6 is 22.6 Å². The van der Waals surface area contributed by atoms with E-state index in [-0.39, 0.29) is 0 Å². The highest BCUT2D eigenvalue weighted by Crippen LogP contribution is 2.39. The lowest BCUT2D eigenvalue weighted by Gasteiger charge is -2.14. The van der Waals surface area contributed by atoms with Gasteiger partial charge in [0.05, 0.1) is 0 Å². The van der Waals surface area contributed by atoms with E-state index in [1.165, 1.54) is 58.1 Å². The maximum Gasteiger partial charge on any atom is 0.0215 e. The summed E-state index contributed by atoms with van der Waals surface area (Å²) in [5.41, 5.74) is 5.09. The normalized spacial score (nSPS) is 11.4. The van der Waals surface area contributed by atoms with Gasteiger partial charge in [0, 0.05) is 8.96 Å². The van der Waals surface area contributed by atoms with Gasteiger partial charge in [-0.15, -0.1) is 0 Å². The molecule has 0 heterocycles. The van der Waals surface area contributed by atoms with E-state index in [1.54, 1.807) is 0 Å². The SMILES string of the molecule is Ic1cccc2c(-c3ccc4ccccc4c3)ccc(-c3ccc4ccccc4c3)c12. The second-order valence-corrected chi connectivity index (χ2v) is 9.11. The van der Waals surface area contributed by atoms with E-state index < -0.39 is 0 Å². The summed E-state index contributed by atoms with van der Waals surface area (Å²) in [4.78, 5) is 0. The Kier molecular flexibility index (Phi) is 4.50. The lowest BCUT2D eigenvalue weighted by molar-refractivity contribution is 1.64. The lowest BCUT2D eigenvalue weighted by Crippen LogP contribution is -1.89. The molecule has 146 valence electrons. The molecule has 31 heavy (non-hydrogen) atoms. The third-order valence-corrected chi connectivity index (χ3v) is 7.01. The van der Waals surface area contributed by atoms with Crippen molar-refractivity contribution in [3.63, 3.8) is 0 Å². The monoisotopic (exact) mass is 506 g/mol. The zero-order chi connectivity index (χ0) is 20.8. The first-order chi connectivity index (χ1) is 15.3. The minimum atomic E-state index is 1.26. The van der Waals surface area contributed by atoms with E-state index in [0.29, 0.717) is 0 Å². The molecule has 0 nitrogen and oxygen atoms in total. The van der Waals surface area contributed by atoms with Crippen molar-refractivity contribution in [2.75, 3.05) is 0 Å². The third kappa shape index (κ3) is 3.21. The topological polar surface area (TPSA) is 0 Å². The fraction of sp³-hybridized carbons (Fsp3) is 0. The Balaban J connectivity index is 1.61. The van der Waals surface area contributed by atoms with Crippen LogP contribution in [0.25, 0.3) is 54.6 Å². The highest BCUT2D eigenvalue weighted by molar-refractivity contribution is 14.1. The van der Waals surface area contributed by atoms with Crippen LogP contribution in [0.5, 0.6) is 0 Å². The largest absolute Gasteiger partial charge is 0.0616 e. The van der Waals surface area contributed by atoms with E-state index in [2.05, 4.69) is 138 Å². The molecular formula is C30H19I. The highest BCUT2D eigenvalue weighted by Gasteiger charge is 2.13. The van der Waals surface area contributed by atoms with Crippen LogP contribution < -0.4 is 0 Å². The number of halogens is 1. The summed E-state index contributed by atoms with van der Waals surface area (Å²) in [6.45, 7) is 0. The molecule has 0 fully saturated rings. The summed E-state index contributed by atoms with van der Waals surface area (Å²) in [7, 11) is 0. The highest BCUT2D eigenvalue weighted by atomic mass is 127. The first-order valence-corrected chi connectivity index (χ1v) is 11.6. The Labute approximate surface area is 195 Å². The van der Waals surface area contributed by atoms with Gasteiger partial charge >= 0.3 is 0 Å². The van der Waals surface area contributed by atoms with E-state index in [0.717, 1.165) is 0 Å². The van der Waals surface area contributed by atoms with Crippen molar-refractivity contribution in [1.82, 2.24) is 0 Å². The van der Waals surface area contributed by atoms with Gasteiger partial charge in [0.2, 0.25) is 0 Å². The molecule has 0 radical (unpaired) electrons. The second kappa shape index (κ2) is 7.51. The van der Waals surface area contributed by atoms with Gasteiger partial charge in [0.25, 0.3) is 0 Å². The Morgan fingerprint density at radius 2 is 0.968 bits per heavy atom. The van der Waals surface area contributed by atoms with Crippen molar-refractivity contribution in [3.8, 4) is 22.3 Å². The number of benzene rings is 6. The van der Waals surface area contributed by atoms with Gasteiger partial charge in [-0.2, -0.15) is 0 Å². The summed E-state index contributed by atoms with van der Waals surface area (Å²) in [6, 6.07) is 41.9. The Morgan fingerprint density at radius 1 is 0.419 bits per heavy atom. The maximum atomic E-state index is 2.48. The van der Waals surface area contributed by atoms with Crippen molar-refractivity contribution in [2.24, 2.45) is 0 Å². The molecule has 0 spiro atoms. The van der Waals surface area contributed by atoms with Crippen molar-refractivity contribution in [3.05, 3.63) is 119 Å². The molecule has 0 atom stereocenters. The summed E-state index contributed by atoms with van der Waals surface area (Å²) in [6.07, 6.45) is 0. The molecule has 6 aromatic rings. The van der Waals surface area contributed by atoms with Crippen LogP contribution in [-0.2, 0) is 0 Å². The number of hydrogen-bond acceptors (Lipinski definition) is 0. The van der Waals surface area contributed by atoms with Gasteiger partial charge in [0.1, 0.15) is 0 Å². The van der Waals surface area contributed by atoms with Crippen LogP contribution in [0.15, 0.2) is 115 Å². The Hall–Kier alpha value is -3.17. The Bertz CT molecular complexity index is 1590. The van der Waals surface area contributed by atoms with Gasteiger partial charge in [0.15, 0.2) is 0 Å². The van der Waals surface area contributed by atoms with Crippen molar-refractivity contribution in [1.29, 1.82) is 0 Å². The average Bonchev–Trinajstić information content (AvgIpc) is 2.83. The average molecular weight is 506 g/mol. The molecule has 6 rings (SSSR count). The van der Waals surface area contributed by atoms with Gasteiger partial charge in [-0.05, 0) is 90.0 Å². The predicted octanol–water partition coefficient (Wildman–Crippen LogP) is 9.08. The summed E-state index contributed by atoms with van der Waals surface area (Å²) in [5, 5.41) is 7.72. The lowest BCUT2D eigenvalue weighted by atomic mass is 9.91. The minimum Gasteiger partial charge on any atom is -0.0616 e. The predicted molar refractivity (Wildman–Crippen MR) is 143 cm³/mol. The zero-order valence-corrected chi connectivity index (χ0v) is 19.0. The summed E-state index contributed by atoms with van der Waals surface area (Å²) < 4.78 is 1.28. The fourth-order valence-corrected chi connectivity index (χ4v) is 5.36. The molecule has 0 aromatic heterocycles. The summed E-state index contributed by atoms with van der Waals surface area (Å²) in [5.74, 6) is 0. The molecule has 0 aliphatic rings. The smallest absolute Gasteiger partial charge is 0.0215 e. The van der Waals surface area contributed by atoms with Crippen molar-refractivity contribution < 1.29 is 0 Å². The number of fused-ring (bicyclic) bond motifs is 3. The van der Waals surface area contributed by atoms with Crippen molar-refractivity contribution in [2.45, 2.75) is 0 Å². The van der Waals surface area contributed by atoms with Crippen LogP contribution in [0.2, 0.25) is 0 Å². The molecule has 0 amide bonds. The standard InChI is InChI=1S/C30H19I/c31-29-11-5-10-28-26(24-14-12-20-6-1-3-8-22(20)18-24)16-17-27(30(28)29)25-15-13-21-7-2-4-9-23(21)19-25/h1-19H. The van der Waals surface area contributed by atoms with E-state index in [9.17, 15) is 0 Å². The van der Waals surface area contributed by atoms with Gasteiger partial charge in [-0.3, -0.25) is 0 Å².